The maximum Gasteiger partial charge on any atom is 0.338 e. The molecule has 0 aliphatic carbocycles. The molecule has 39 heavy (non-hydrogen) atoms. The molecule has 1 amide bonds. The Morgan fingerprint density at radius 2 is 1.77 bits per heavy atom. The Labute approximate surface area is 242 Å². The maximum absolute atomic E-state index is 13.4. The number of esters is 1. The van der Waals surface area contributed by atoms with Gasteiger partial charge >= 0.3 is 5.97 Å². The van der Waals surface area contributed by atoms with Crippen molar-refractivity contribution in [3.63, 3.8) is 0 Å². The SMILES string of the molecule is CC(C)(C)[S+]([O-])NC(c1cc(Cl)c(Cl)cc1O)C1CCN(C(=O)[C@@H]2OCC[C@@H]2OC(=O)c2ccccc2)CC1. The molecule has 2 aromatic rings. The summed E-state index contributed by atoms with van der Waals surface area (Å²) < 4.78 is 27.1. The number of phenolic OH excluding ortho intramolecular Hbond substituents is 1. The molecular weight excluding hydrogens is 563 g/mol. The van der Waals surface area contributed by atoms with Crippen LogP contribution in [0.2, 0.25) is 10.0 Å². The first-order valence-electron chi connectivity index (χ1n) is 13.0. The van der Waals surface area contributed by atoms with Crippen LogP contribution in [-0.2, 0) is 25.6 Å². The zero-order chi connectivity index (χ0) is 28.3. The summed E-state index contributed by atoms with van der Waals surface area (Å²) in [5, 5.41) is 11.2. The molecule has 8 nitrogen and oxygen atoms in total. The van der Waals surface area contributed by atoms with E-state index in [0.717, 1.165) is 0 Å². The smallest absolute Gasteiger partial charge is 0.338 e. The van der Waals surface area contributed by atoms with Crippen molar-refractivity contribution in [1.29, 1.82) is 0 Å². The number of carbonyl (C=O) groups is 2. The lowest BCUT2D eigenvalue weighted by Gasteiger charge is -2.38. The number of ether oxygens (including phenoxy) is 2. The number of rotatable bonds is 7. The quantitative estimate of drug-likeness (QED) is 0.340. The molecule has 4 atom stereocenters. The Morgan fingerprint density at radius 3 is 2.41 bits per heavy atom. The van der Waals surface area contributed by atoms with Gasteiger partial charge in [-0.05, 0) is 57.7 Å². The molecule has 0 spiro atoms. The number of phenols is 1. The first-order chi connectivity index (χ1) is 18.5. The van der Waals surface area contributed by atoms with Gasteiger partial charge in [0.2, 0.25) is 0 Å². The van der Waals surface area contributed by atoms with Crippen LogP contribution in [0.5, 0.6) is 5.75 Å². The fraction of sp³-hybridized carbons (Fsp3) is 0.500. The molecule has 2 fully saturated rings. The van der Waals surface area contributed by atoms with E-state index in [1.807, 2.05) is 26.8 Å². The zero-order valence-electron chi connectivity index (χ0n) is 22.2. The van der Waals surface area contributed by atoms with Crippen molar-refractivity contribution in [3.8, 4) is 5.75 Å². The van der Waals surface area contributed by atoms with Crippen molar-refractivity contribution in [2.24, 2.45) is 5.92 Å². The molecule has 0 radical (unpaired) electrons. The lowest BCUT2D eigenvalue weighted by Crippen LogP contribution is -2.50. The van der Waals surface area contributed by atoms with E-state index in [9.17, 15) is 19.2 Å². The van der Waals surface area contributed by atoms with Gasteiger partial charge in [-0.3, -0.25) is 4.79 Å². The molecule has 2 saturated heterocycles. The number of hydrogen-bond donors (Lipinski definition) is 2. The second kappa shape index (κ2) is 12.7. The van der Waals surface area contributed by atoms with Crippen LogP contribution in [0.25, 0.3) is 0 Å². The lowest BCUT2D eigenvalue weighted by atomic mass is 9.85. The third kappa shape index (κ3) is 7.20. The van der Waals surface area contributed by atoms with E-state index < -0.39 is 40.3 Å². The monoisotopic (exact) mass is 596 g/mol. The fourth-order valence-electron chi connectivity index (χ4n) is 4.84. The van der Waals surface area contributed by atoms with Crippen molar-refractivity contribution >= 4 is 46.4 Å². The minimum atomic E-state index is -1.42. The summed E-state index contributed by atoms with van der Waals surface area (Å²) in [4.78, 5) is 27.7. The van der Waals surface area contributed by atoms with Crippen molar-refractivity contribution in [2.75, 3.05) is 19.7 Å². The molecule has 2 aliphatic heterocycles. The van der Waals surface area contributed by atoms with E-state index in [4.69, 9.17) is 32.7 Å². The molecule has 2 unspecified atom stereocenters. The molecule has 0 saturated carbocycles. The van der Waals surface area contributed by atoms with E-state index in [0.29, 0.717) is 55.1 Å². The summed E-state index contributed by atoms with van der Waals surface area (Å²) in [5.74, 6) is -0.768. The molecule has 0 bridgehead atoms. The van der Waals surface area contributed by atoms with Crippen LogP contribution >= 0.6 is 23.2 Å². The molecular formula is C28H34Cl2N2O6S. The van der Waals surface area contributed by atoms with Crippen LogP contribution in [0.3, 0.4) is 0 Å². The van der Waals surface area contributed by atoms with Crippen molar-refractivity contribution in [3.05, 3.63) is 63.6 Å². The highest BCUT2D eigenvalue weighted by molar-refractivity contribution is 7.90. The number of halogens is 2. The highest BCUT2D eigenvalue weighted by Gasteiger charge is 2.42. The normalized spacial score (nSPS) is 21.9. The standard InChI is InChI=1S/C28H34Cl2N2O6S/c1-28(2,3)39(36)31-24(19-15-20(29)21(30)16-22(19)33)17-9-12-32(13-10-17)26(34)25-23(11-14-37-25)38-27(35)18-7-5-4-6-8-18/h4-8,15-17,23-25,31,33H,9-14H2,1-3H3/t23-,24?,25+,39?/m0/s1. The Bertz CT molecular complexity index is 1170. The number of amides is 1. The predicted octanol–water partition coefficient (Wildman–Crippen LogP) is 5.05. The number of piperidine rings is 1. The number of carbonyl (C=O) groups excluding carboxylic acids is 2. The highest BCUT2D eigenvalue weighted by atomic mass is 35.5. The van der Waals surface area contributed by atoms with Crippen LogP contribution < -0.4 is 4.72 Å². The highest BCUT2D eigenvalue weighted by Crippen LogP contribution is 2.40. The zero-order valence-corrected chi connectivity index (χ0v) is 24.5. The number of aromatic hydroxyl groups is 1. The average Bonchev–Trinajstić information content (AvgIpc) is 3.37. The minimum Gasteiger partial charge on any atom is -0.598 e. The predicted molar refractivity (Wildman–Crippen MR) is 151 cm³/mol. The van der Waals surface area contributed by atoms with Gasteiger partial charge < -0.3 is 24.0 Å². The van der Waals surface area contributed by atoms with Crippen LogP contribution in [0.1, 0.15) is 62.0 Å². The van der Waals surface area contributed by atoms with E-state index in [-0.39, 0.29) is 22.6 Å². The number of nitrogens with one attached hydrogen (secondary N) is 1. The Morgan fingerprint density at radius 1 is 1.13 bits per heavy atom. The molecule has 2 aliphatic rings. The van der Waals surface area contributed by atoms with E-state index in [1.54, 1.807) is 35.2 Å². The Balaban J connectivity index is 1.44. The van der Waals surface area contributed by atoms with Gasteiger partial charge in [0.05, 0.1) is 28.3 Å². The molecule has 2 N–H and O–H groups in total. The first-order valence-corrected chi connectivity index (χ1v) is 14.9. The van der Waals surface area contributed by atoms with Gasteiger partial charge in [-0.1, -0.05) is 41.4 Å². The Hall–Kier alpha value is -2.01. The third-order valence-electron chi connectivity index (χ3n) is 7.07. The Kier molecular flexibility index (Phi) is 9.73. The third-order valence-corrected chi connectivity index (χ3v) is 9.37. The summed E-state index contributed by atoms with van der Waals surface area (Å²) in [5.41, 5.74) is 0.937. The summed E-state index contributed by atoms with van der Waals surface area (Å²) >= 11 is 10.9. The minimum absolute atomic E-state index is 0.0336. The second-order valence-corrected chi connectivity index (χ2v) is 13.7. The topological polar surface area (TPSA) is 111 Å². The van der Waals surface area contributed by atoms with E-state index in [1.165, 1.54) is 6.07 Å². The average molecular weight is 598 g/mol. The summed E-state index contributed by atoms with van der Waals surface area (Å²) in [6.45, 7) is 6.81. The van der Waals surface area contributed by atoms with Crippen LogP contribution in [0.15, 0.2) is 42.5 Å². The number of likely N-dealkylation sites (tertiary alicyclic amines) is 1. The van der Waals surface area contributed by atoms with Gasteiger partial charge in [-0.2, -0.15) is 0 Å². The first kappa shape index (κ1) is 30.0. The number of nitrogens with zero attached hydrogens (tertiary/aromatic N) is 1. The maximum atomic E-state index is 13.4. The summed E-state index contributed by atoms with van der Waals surface area (Å²) in [7, 11) is 0. The van der Waals surface area contributed by atoms with E-state index in [2.05, 4.69) is 4.72 Å². The fourth-order valence-corrected chi connectivity index (χ4v) is 6.07. The molecule has 11 heteroatoms. The van der Waals surface area contributed by atoms with Crippen LogP contribution in [0.4, 0.5) is 0 Å². The van der Waals surface area contributed by atoms with E-state index >= 15 is 0 Å². The molecule has 2 aromatic carbocycles. The lowest BCUT2D eigenvalue weighted by molar-refractivity contribution is -0.146. The van der Waals surface area contributed by atoms with Gasteiger partial charge in [0, 0.05) is 42.5 Å². The van der Waals surface area contributed by atoms with Crippen molar-refractivity contribution in [2.45, 2.75) is 63.0 Å². The van der Waals surface area contributed by atoms with Crippen LogP contribution in [-0.4, -0.2) is 63.1 Å². The summed E-state index contributed by atoms with van der Waals surface area (Å²) in [6, 6.07) is 11.2. The molecule has 2 heterocycles. The van der Waals surface area contributed by atoms with Gasteiger partial charge in [0.1, 0.15) is 16.6 Å². The van der Waals surface area contributed by atoms with Gasteiger partial charge in [-0.15, -0.1) is 4.72 Å². The molecule has 0 aromatic heterocycles. The molecule has 212 valence electrons. The van der Waals surface area contributed by atoms with Gasteiger partial charge in [0.15, 0.2) is 6.10 Å². The van der Waals surface area contributed by atoms with Crippen molar-refractivity contribution < 1.29 is 28.7 Å². The second-order valence-electron chi connectivity index (χ2n) is 10.9. The number of benzene rings is 2. The summed E-state index contributed by atoms with van der Waals surface area (Å²) in [6.07, 6.45) is 0.125. The molecule has 4 rings (SSSR count). The largest absolute Gasteiger partial charge is 0.598 e. The number of hydrogen-bond acceptors (Lipinski definition) is 7. The van der Waals surface area contributed by atoms with Crippen molar-refractivity contribution in [1.82, 2.24) is 9.62 Å². The van der Waals surface area contributed by atoms with Crippen LogP contribution in [0, 0.1) is 5.92 Å². The van der Waals surface area contributed by atoms with Gasteiger partial charge in [0.25, 0.3) is 5.91 Å². The van der Waals surface area contributed by atoms with Gasteiger partial charge in [-0.25, -0.2) is 4.79 Å².